The summed E-state index contributed by atoms with van der Waals surface area (Å²) in [5.41, 5.74) is 0.910. The molecule has 0 spiro atoms. The maximum absolute atomic E-state index is 12.3. The molecule has 2 aromatic rings. The number of H-pyrrole nitrogens is 1. The van der Waals surface area contributed by atoms with Gasteiger partial charge in [-0.2, -0.15) is 0 Å². The molecule has 0 aliphatic rings. The molecule has 0 fully saturated rings. The van der Waals surface area contributed by atoms with E-state index in [1.54, 1.807) is 45.3 Å². The molecule has 132 valence electrons. The quantitative estimate of drug-likeness (QED) is 0.715. The SMILES string of the molecule is Cc1nc(-c2ccncc2)[nH]c(=O)c1CC(=O)N[C@H](C(=O)O)C(C)C. The Hall–Kier alpha value is -3.03. The van der Waals surface area contributed by atoms with Crippen LogP contribution >= 0.6 is 0 Å². The average molecular weight is 344 g/mol. The maximum Gasteiger partial charge on any atom is 0.326 e. The third-order valence-electron chi connectivity index (χ3n) is 3.76. The zero-order valence-electron chi connectivity index (χ0n) is 14.2. The lowest BCUT2D eigenvalue weighted by Crippen LogP contribution is -2.45. The number of hydrogen-bond acceptors (Lipinski definition) is 5. The first-order valence-corrected chi connectivity index (χ1v) is 7.82. The predicted molar refractivity (Wildman–Crippen MR) is 90.9 cm³/mol. The van der Waals surface area contributed by atoms with E-state index in [0.717, 1.165) is 0 Å². The molecule has 0 saturated heterocycles. The van der Waals surface area contributed by atoms with Crippen molar-refractivity contribution in [1.29, 1.82) is 0 Å². The highest BCUT2D eigenvalue weighted by atomic mass is 16.4. The molecular formula is C17H20N4O4. The summed E-state index contributed by atoms with van der Waals surface area (Å²) in [6.07, 6.45) is 2.94. The van der Waals surface area contributed by atoms with Gasteiger partial charge in [-0.05, 0) is 25.0 Å². The van der Waals surface area contributed by atoms with Gasteiger partial charge in [0, 0.05) is 29.2 Å². The average Bonchev–Trinajstić information content (AvgIpc) is 2.56. The summed E-state index contributed by atoms with van der Waals surface area (Å²) in [4.78, 5) is 46.5. The highest BCUT2D eigenvalue weighted by Gasteiger charge is 2.24. The van der Waals surface area contributed by atoms with Gasteiger partial charge >= 0.3 is 5.97 Å². The van der Waals surface area contributed by atoms with Crippen molar-refractivity contribution in [3.05, 3.63) is 46.1 Å². The summed E-state index contributed by atoms with van der Waals surface area (Å²) in [6.45, 7) is 5.03. The Labute approximate surface area is 144 Å². The number of aromatic amines is 1. The van der Waals surface area contributed by atoms with E-state index in [9.17, 15) is 14.4 Å². The Kier molecular flexibility index (Phi) is 5.63. The number of carboxylic acids is 1. The Bertz CT molecular complexity index is 830. The van der Waals surface area contributed by atoms with Crippen molar-refractivity contribution < 1.29 is 14.7 Å². The number of nitrogens with zero attached hydrogens (tertiary/aromatic N) is 2. The van der Waals surface area contributed by atoms with E-state index in [2.05, 4.69) is 20.3 Å². The molecule has 2 heterocycles. The number of aromatic nitrogens is 3. The number of pyridine rings is 1. The van der Waals surface area contributed by atoms with E-state index in [1.165, 1.54) is 0 Å². The van der Waals surface area contributed by atoms with Crippen LogP contribution in [0.2, 0.25) is 0 Å². The lowest BCUT2D eigenvalue weighted by atomic mass is 10.0. The van der Waals surface area contributed by atoms with Crippen molar-refractivity contribution in [2.24, 2.45) is 5.92 Å². The second-order valence-electron chi connectivity index (χ2n) is 6.02. The van der Waals surface area contributed by atoms with Crippen molar-refractivity contribution in [3.63, 3.8) is 0 Å². The Morgan fingerprint density at radius 3 is 2.44 bits per heavy atom. The Morgan fingerprint density at radius 1 is 1.28 bits per heavy atom. The molecule has 2 rings (SSSR count). The van der Waals surface area contributed by atoms with Crippen LogP contribution < -0.4 is 10.9 Å². The van der Waals surface area contributed by atoms with E-state index in [0.29, 0.717) is 17.1 Å². The van der Waals surface area contributed by atoms with Gasteiger partial charge in [-0.25, -0.2) is 9.78 Å². The number of hydrogen-bond donors (Lipinski definition) is 3. The summed E-state index contributed by atoms with van der Waals surface area (Å²) in [7, 11) is 0. The normalized spacial score (nSPS) is 12.0. The fourth-order valence-electron chi connectivity index (χ4n) is 2.36. The van der Waals surface area contributed by atoms with Gasteiger partial charge in [-0.1, -0.05) is 13.8 Å². The molecule has 1 amide bonds. The van der Waals surface area contributed by atoms with Crippen molar-refractivity contribution >= 4 is 11.9 Å². The van der Waals surface area contributed by atoms with Crippen LogP contribution in [0, 0.1) is 12.8 Å². The lowest BCUT2D eigenvalue weighted by Gasteiger charge is -2.18. The monoisotopic (exact) mass is 344 g/mol. The van der Waals surface area contributed by atoms with Gasteiger partial charge in [-0.15, -0.1) is 0 Å². The number of amides is 1. The predicted octanol–water partition coefficient (Wildman–Crippen LogP) is 0.908. The van der Waals surface area contributed by atoms with Crippen LogP contribution in [-0.4, -0.2) is 38.0 Å². The van der Waals surface area contributed by atoms with E-state index in [-0.39, 0.29) is 17.9 Å². The van der Waals surface area contributed by atoms with E-state index < -0.39 is 23.5 Å². The summed E-state index contributed by atoms with van der Waals surface area (Å²) >= 11 is 0. The Balaban J connectivity index is 2.22. The second-order valence-corrected chi connectivity index (χ2v) is 6.02. The molecule has 8 heteroatoms. The van der Waals surface area contributed by atoms with Gasteiger partial charge in [0.2, 0.25) is 5.91 Å². The smallest absolute Gasteiger partial charge is 0.326 e. The van der Waals surface area contributed by atoms with Gasteiger partial charge in [0.05, 0.1) is 6.42 Å². The molecule has 0 radical (unpaired) electrons. The fraction of sp³-hybridized carbons (Fsp3) is 0.353. The van der Waals surface area contributed by atoms with Crippen molar-refractivity contribution in [1.82, 2.24) is 20.3 Å². The van der Waals surface area contributed by atoms with Gasteiger partial charge in [-0.3, -0.25) is 14.6 Å². The number of rotatable bonds is 6. The van der Waals surface area contributed by atoms with Crippen LogP contribution in [0.25, 0.3) is 11.4 Å². The van der Waals surface area contributed by atoms with Crippen molar-refractivity contribution in [2.75, 3.05) is 0 Å². The zero-order valence-corrected chi connectivity index (χ0v) is 14.2. The number of carbonyl (C=O) groups excluding carboxylic acids is 1. The summed E-state index contributed by atoms with van der Waals surface area (Å²) in [5.74, 6) is -1.53. The van der Waals surface area contributed by atoms with Gasteiger partial charge in [0.15, 0.2) is 0 Å². The molecule has 8 nitrogen and oxygen atoms in total. The first kappa shape index (κ1) is 18.3. The third kappa shape index (κ3) is 4.50. The molecule has 0 unspecified atom stereocenters. The van der Waals surface area contributed by atoms with Crippen LogP contribution in [-0.2, 0) is 16.0 Å². The topological polar surface area (TPSA) is 125 Å². The molecule has 2 aromatic heterocycles. The van der Waals surface area contributed by atoms with Crippen LogP contribution in [0.5, 0.6) is 0 Å². The lowest BCUT2D eigenvalue weighted by molar-refractivity contribution is -0.143. The van der Waals surface area contributed by atoms with Gasteiger partial charge in [0.1, 0.15) is 11.9 Å². The molecule has 0 aliphatic carbocycles. The molecule has 0 aromatic carbocycles. The van der Waals surface area contributed by atoms with Crippen LogP contribution in [0.3, 0.4) is 0 Å². The first-order chi connectivity index (χ1) is 11.8. The largest absolute Gasteiger partial charge is 0.480 e. The zero-order chi connectivity index (χ0) is 18.6. The molecule has 0 saturated carbocycles. The van der Waals surface area contributed by atoms with Crippen molar-refractivity contribution in [3.8, 4) is 11.4 Å². The first-order valence-electron chi connectivity index (χ1n) is 7.82. The minimum atomic E-state index is -1.11. The summed E-state index contributed by atoms with van der Waals surface area (Å²) < 4.78 is 0. The highest BCUT2D eigenvalue weighted by molar-refractivity contribution is 5.85. The van der Waals surface area contributed by atoms with Crippen LogP contribution in [0.4, 0.5) is 0 Å². The maximum atomic E-state index is 12.3. The second kappa shape index (κ2) is 7.69. The number of aryl methyl sites for hydroxylation is 1. The number of carbonyl (C=O) groups is 2. The molecule has 1 atom stereocenters. The fourth-order valence-corrected chi connectivity index (χ4v) is 2.36. The number of carboxylic acid groups (broad SMARTS) is 1. The van der Waals surface area contributed by atoms with Crippen LogP contribution in [0.15, 0.2) is 29.3 Å². The summed E-state index contributed by atoms with van der Waals surface area (Å²) in [6, 6.07) is 2.42. The molecule has 0 aliphatic heterocycles. The standard InChI is InChI=1S/C17H20N4O4/c1-9(2)14(17(24)25)20-13(22)8-12-10(3)19-15(21-16(12)23)11-4-6-18-7-5-11/h4-7,9,14H,8H2,1-3H3,(H,20,22)(H,24,25)(H,19,21,23)/t14-/m0/s1. The minimum absolute atomic E-state index is 0.211. The Morgan fingerprint density at radius 2 is 1.92 bits per heavy atom. The van der Waals surface area contributed by atoms with E-state index in [4.69, 9.17) is 5.11 Å². The number of nitrogens with one attached hydrogen (secondary N) is 2. The highest BCUT2D eigenvalue weighted by Crippen LogP contribution is 2.13. The summed E-state index contributed by atoms with van der Waals surface area (Å²) in [5, 5.41) is 11.6. The molecular weight excluding hydrogens is 324 g/mol. The van der Waals surface area contributed by atoms with E-state index in [1.807, 2.05) is 0 Å². The van der Waals surface area contributed by atoms with Crippen molar-refractivity contribution in [2.45, 2.75) is 33.2 Å². The van der Waals surface area contributed by atoms with E-state index >= 15 is 0 Å². The number of aliphatic carboxylic acids is 1. The molecule has 3 N–H and O–H groups in total. The molecule has 25 heavy (non-hydrogen) atoms. The van der Waals surface area contributed by atoms with Gasteiger partial charge in [0.25, 0.3) is 5.56 Å². The van der Waals surface area contributed by atoms with Gasteiger partial charge < -0.3 is 15.4 Å². The van der Waals surface area contributed by atoms with Crippen LogP contribution in [0.1, 0.15) is 25.1 Å². The minimum Gasteiger partial charge on any atom is -0.480 e. The molecule has 0 bridgehead atoms. The third-order valence-corrected chi connectivity index (χ3v) is 3.76.